The summed E-state index contributed by atoms with van der Waals surface area (Å²) in [4.78, 5) is 22.0. The largest absolute Gasteiger partial charge is 0.294 e. The lowest BCUT2D eigenvalue weighted by atomic mass is 9.75. The monoisotopic (exact) mass is 434 g/mol. The Morgan fingerprint density at radius 1 is 1.00 bits per heavy atom. The van der Waals surface area contributed by atoms with Gasteiger partial charge in [0.25, 0.3) is 11.4 Å². The lowest BCUT2D eigenvalue weighted by Gasteiger charge is -2.31. The van der Waals surface area contributed by atoms with Crippen molar-refractivity contribution in [3.05, 3.63) is 85.7 Å². The Hall–Kier alpha value is -4.08. The first kappa shape index (κ1) is 21.2. The van der Waals surface area contributed by atoms with Crippen LogP contribution in [0.15, 0.2) is 53.6 Å². The Bertz CT molecular complexity index is 1260. The van der Waals surface area contributed by atoms with Crippen molar-refractivity contribution < 1.29 is 9.85 Å². The molecule has 0 unspecified atom stereocenters. The molecule has 0 spiro atoms. The van der Waals surface area contributed by atoms with Gasteiger partial charge in [-0.2, -0.15) is 10.2 Å². The predicted molar refractivity (Wildman–Crippen MR) is 120 cm³/mol. The molecule has 164 valence electrons. The van der Waals surface area contributed by atoms with E-state index < -0.39 is 9.85 Å². The molecular weight excluding hydrogens is 412 g/mol. The van der Waals surface area contributed by atoms with Crippen LogP contribution in [0.4, 0.5) is 17.1 Å². The van der Waals surface area contributed by atoms with Crippen LogP contribution in [0, 0.1) is 32.6 Å². The van der Waals surface area contributed by atoms with Crippen molar-refractivity contribution in [2.75, 3.05) is 5.43 Å². The molecule has 4 rings (SSSR count). The maximum absolute atomic E-state index is 11.6. The van der Waals surface area contributed by atoms with Crippen LogP contribution in [-0.2, 0) is 6.42 Å². The van der Waals surface area contributed by atoms with E-state index in [0.717, 1.165) is 11.3 Å². The van der Waals surface area contributed by atoms with E-state index in [-0.39, 0.29) is 16.8 Å². The van der Waals surface area contributed by atoms with Crippen LogP contribution in [0.25, 0.3) is 5.69 Å². The number of hydrazone groups is 1. The summed E-state index contributed by atoms with van der Waals surface area (Å²) in [6.45, 7) is 6.01. The van der Waals surface area contributed by atoms with Gasteiger partial charge in [0.05, 0.1) is 26.9 Å². The molecular formula is C22H22N6O4. The molecule has 0 aliphatic heterocycles. The van der Waals surface area contributed by atoms with Crippen molar-refractivity contribution in [2.45, 2.75) is 33.6 Å². The lowest BCUT2D eigenvalue weighted by molar-refractivity contribution is -0.384. The molecule has 1 aliphatic carbocycles. The first-order valence-corrected chi connectivity index (χ1v) is 10.1. The van der Waals surface area contributed by atoms with E-state index in [1.807, 2.05) is 6.92 Å². The Morgan fingerprint density at radius 3 is 2.31 bits per heavy atom. The number of hydrogen-bond acceptors (Lipinski definition) is 7. The second-order valence-corrected chi connectivity index (χ2v) is 8.53. The van der Waals surface area contributed by atoms with Crippen LogP contribution < -0.4 is 5.43 Å². The molecule has 0 radical (unpaired) electrons. The zero-order valence-corrected chi connectivity index (χ0v) is 17.9. The molecule has 3 aromatic rings. The Labute approximate surface area is 183 Å². The van der Waals surface area contributed by atoms with Gasteiger partial charge in [-0.05, 0) is 37.3 Å². The average Bonchev–Trinajstić information content (AvgIpc) is 3.07. The summed E-state index contributed by atoms with van der Waals surface area (Å²) in [5.41, 5.74) is 6.28. The third-order valence-electron chi connectivity index (χ3n) is 5.46. The SMILES string of the molecule is Cc1nn(-c2ccccc2[N+](=O)[O-])c2c1C(=NNc1ccccc1[N+](=O)[O-])CC(C)(C)C2. The van der Waals surface area contributed by atoms with E-state index >= 15 is 0 Å². The number of aromatic nitrogens is 2. The molecule has 1 aromatic heterocycles. The van der Waals surface area contributed by atoms with Gasteiger partial charge in [-0.3, -0.25) is 25.7 Å². The van der Waals surface area contributed by atoms with Crippen molar-refractivity contribution in [3.8, 4) is 5.69 Å². The number of rotatable bonds is 5. The summed E-state index contributed by atoms with van der Waals surface area (Å²) in [5, 5.41) is 32.1. The van der Waals surface area contributed by atoms with Crippen molar-refractivity contribution in [1.29, 1.82) is 0 Å². The normalized spacial score (nSPS) is 15.9. The number of benzene rings is 2. The van der Waals surface area contributed by atoms with Gasteiger partial charge in [-0.25, -0.2) is 4.68 Å². The summed E-state index contributed by atoms with van der Waals surface area (Å²) in [5.74, 6) is 0. The molecule has 0 atom stereocenters. The number of aryl methyl sites for hydroxylation is 1. The van der Waals surface area contributed by atoms with Crippen LogP contribution in [-0.4, -0.2) is 25.3 Å². The van der Waals surface area contributed by atoms with E-state index in [1.54, 1.807) is 41.1 Å². The van der Waals surface area contributed by atoms with E-state index in [2.05, 4.69) is 29.5 Å². The minimum Gasteiger partial charge on any atom is -0.271 e. The molecule has 0 saturated carbocycles. The quantitative estimate of drug-likeness (QED) is 0.454. The highest BCUT2D eigenvalue weighted by atomic mass is 16.6. The number of nitro groups is 2. The molecule has 1 aliphatic rings. The van der Waals surface area contributed by atoms with Gasteiger partial charge in [-0.1, -0.05) is 38.1 Å². The number of hydrogen-bond donors (Lipinski definition) is 1. The maximum atomic E-state index is 11.6. The number of nitrogens with zero attached hydrogens (tertiary/aromatic N) is 5. The molecule has 1 N–H and O–H groups in total. The second kappa shape index (κ2) is 7.88. The topological polar surface area (TPSA) is 128 Å². The first-order chi connectivity index (χ1) is 15.2. The van der Waals surface area contributed by atoms with Crippen molar-refractivity contribution >= 4 is 22.8 Å². The van der Waals surface area contributed by atoms with Gasteiger partial charge < -0.3 is 0 Å². The van der Waals surface area contributed by atoms with Crippen LogP contribution in [0.2, 0.25) is 0 Å². The highest BCUT2D eigenvalue weighted by molar-refractivity contribution is 6.04. The van der Waals surface area contributed by atoms with E-state index in [0.29, 0.717) is 35.6 Å². The predicted octanol–water partition coefficient (Wildman–Crippen LogP) is 4.79. The van der Waals surface area contributed by atoms with Gasteiger partial charge in [0.2, 0.25) is 0 Å². The van der Waals surface area contributed by atoms with Crippen LogP contribution in [0.1, 0.15) is 37.2 Å². The highest BCUT2D eigenvalue weighted by Crippen LogP contribution is 2.38. The summed E-state index contributed by atoms with van der Waals surface area (Å²) in [6.07, 6.45) is 1.27. The third kappa shape index (κ3) is 3.82. The molecule has 0 bridgehead atoms. The third-order valence-corrected chi connectivity index (χ3v) is 5.46. The minimum absolute atomic E-state index is 0.0299. The molecule has 2 aromatic carbocycles. The molecule has 1 heterocycles. The Balaban J connectivity index is 1.83. The van der Waals surface area contributed by atoms with Gasteiger partial charge in [0.1, 0.15) is 11.4 Å². The van der Waals surface area contributed by atoms with Gasteiger partial charge >= 0.3 is 0 Å². The second-order valence-electron chi connectivity index (χ2n) is 8.53. The smallest absolute Gasteiger partial charge is 0.271 e. The average molecular weight is 434 g/mol. The van der Waals surface area contributed by atoms with E-state index in [4.69, 9.17) is 0 Å². The maximum Gasteiger partial charge on any atom is 0.294 e. The van der Waals surface area contributed by atoms with Gasteiger partial charge in [0.15, 0.2) is 0 Å². The van der Waals surface area contributed by atoms with E-state index in [9.17, 15) is 20.2 Å². The summed E-state index contributed by atoms with van der Waals surface area (Å²) in [7, 11) is 0. The first-order valence-electron chi connectivity index (χ1n) is 10.1. The Kier molecular flexibility index (Phi) is 5.21. The zero-order chi connectivity index (χ0) is 23.0. The molecule has 10 nitrogen and oxygen atoms in total. The molecule has 10 heteroatoms. The minimum atomic E-state index is -0.462. The van der Waals surface area contributed by atoms with Crippen molar-refractivity contribution in [1.82, 2.24) is 9.78 Å². The molecule has 0 amide bonds. The number of para-hydroxylation sites is 4. The van der Waals surface area contributed by atoms with Gasteiger partial charge in [-0.15, -0.1) is 0 Å². The summed E-state index contributed by atoms with van der Waals surface area (Å²) >= 11 is 0. The fraction of sp³-hybridized carbons (Fsp3) is 0.273. The highest BCUT2D eigenvalue weighted by Gasteiger charge is 2.36. The fourth-order valence-electron chi connectivity index (χ4n) is 4.12. The molecule has 32 heavy (non-hydrogen) atoms. The van der Waals surface area contributed by atoms with Crippen molar-refractivity contribution in [3.63, 3.8) is 0 Å². The van der Waals surface area contributed by atoms with Crippen LogP contribution >= 0.6 is 0 Å². The number of nitrogens with one attached hydrogen (secondary N) is 1. The molecule has 0 saturated heterocycles. The summed E-state index contributed by atoms with van der Waals surface area (Å²) in [6, 6.07) is 12.8. The number of anilines is 1. The number of fused-ring (bicyclic) bond motifs is 1. The van der Waals surface area contributed by atoms with Crippen molar-refractivity contribution in [2.24, 2.45) is 10.5 Å². The standard InChI is InChI=1S/C22H22N6O4/c1-14-21-16(24-23-15-8-4-5-9-17(15)27(29)30)12-22(2,3)13-20(21)26(25-14)18-10-6-7-11-19(18)28(31)32/h4-11,23H,12-13H2,1-3H3. The molecule has 0 fully saturated rings. The lowest BCUT2D eigenvalue weighted by Crippen LogP contribution is -2.29. The zero-order valence-electron chi connectivity index (χ0n) is 17.9. The van der Waals surface area contributed by atoms with E-state index in [1.165, 1.54) is 12.1 Å². The summed E-state index contributed by atoms with van der Waals surface area (Å²) < 4.78 is 1.63. The fourth-order valence-corrected chi connectivity index (χ4v) is 4.12. The van der Waals surface area contributed by atoms with Crippen LogP contribution in [0.5, 0.6) is 0 Å². The Morgan fingerprint density at radius 2 is 1.62 bits per heavy atom. The number of nitro benzene ring substituents is 2. The van der Waals surface area contributed by atoms with Gasteiger partial charge in [0, 0.05) is 17.7 Å². The van der Waals surface area contributed by atoms with Crippen LogP contribution in [0.3, 0.4) is 0 Å².